The van der Waals surface area contributed by atoms with Gasteiger partial charge in [0.25, 0.3) is 11.7 Å². The lowest BCUT2D eigenvalue weighted by Crippen LogP contribution is -2.37. The molecule has 6 nitrogen and oxygen atoms in total. The average molecular weight is 459 g/mol. The quantitative estimate of drug-likeness (QED) is 0.402. The number of hydrogen-bond acceptors (Lipinski definition) is 5. The van der Waals surface area contributed by atoms with E-state index in [-0.39, 0.29) is 16.9 Å². The molecular formula is C24H24ClFN2O4. The maximum Gasteiger partial charge on any atom is 0.295 e. The van der Waals surface area contributed by atoms with Crippen LogP contribution in [0.25, 0.3) is 5.76 Å². The fourth-order valence-corrected chi connectivity index (χ4v) is 4.45. The van der Waals surface area contributed by atoms with Crippen LogP contribution >= 0.6 is 11.6 Å². The fraction of sp³-hybridized carbons (Fsp3) is 0.333. The standard InChI is InChI=1S/C24H24ClFN2O4/c1-32-19-9-6-16(14-18(19)26)22(29)20-21(15-4-7-17(25)8-5-15)28(24(31)23(20)30)13-12-27-10-2-3-11-27/h4-9,14,21,29H,2-3,10-13H2,1H3/b22-20+. The molecule has 0 saturated carbocycles. The van der Waals surface area contributed by atoms with Crippen molar-refractivity contribution < 1.29 is 23.8 Å². The van der Waals surface area contributed by atoms with E-state index in [1.807, 2.05) is 0 Å². The molecule has 2 aromatic rings. The highest BCUT2D eigenvalue weighted by atomic mass is 35.5. The smallest absolute Gasteiger partial charge is 0.295 e. The molecule has 168 valence electrons. The van der Waals surface area contributed by atoms with Gasteiger partial charge in [-0.3, -0.25) is 9.59 Å². The number of nitrogens with zero attached hydrogens (tertiary/aromatic N) is 2. The molecular weight excluding hydrogens is 435 g/mol. The number of aliphatic hydroxyl groups is 1. The van der Waals surface area contributed by atoms with Crippen LogP contribution < -0.4 is 4.74 Å². The van der Waals surface area contributed by atoms with E-state index in [1.165, 1.54) is 24.1 Å². The van der Waals surface area contributed by atoms with Crippen molar-refractivity contribution in [2.45, 2.75) is 18.9 Å². The molecule has 0 bridgehead atoms. The molecule has 8 heteroatoms. The molecule has 32 heavy (non-hydrogen) atoms. The number of amides is 1. The highest BCUT2D eigenvalue weighted by molar-refractivity contribution is 6.46. The molecule has 2 heterocycles. The Morgan fingerprint density at radius 2 is 1.81 bits per heavy atom. The normalized spacial score (nSPS) is 20.8. The first-order valence-corrected chi connectivity index (χ1v) is 10.9. The Hall–Kier alpha value is -2.90. The summed E-state index contributed by atoms with van der Waals surface area (Å²) in [7, 11) is 1.34. The zero-order chi connectivity index (χ0) is 22.8. The molecule has 2 saturated heterocycles. The zero-order valence-electron chi connectivity index (χ0n) is 17.7. The number of aliphatic hydroxyl groups excluding tert-OH is 1. The van der Waals surface area contributed by atoms with E-state index in [9.17, 15) is 19.1 Å². The van der Waals surface area contributed by atoms with Crippen LogP contribution in [0.4, 0.5) is 4.39 Å². The monoisotopic (exact) mass is 458 g/mol. The number of ether oxygens (including phenoxy) is 1. The number of carbonyl (C=O) groups is 2. The second-order valence-electron chi connectivity index (χ2n) is 7.94. The van der Waals surface area contributed by atoms with E-state index in [0.717, 1.165) is 32.0 Å². The number of Topliss-reactive ketones (excluding diaryl/α,β-unsaturated/α-hetero) is 1. The van der Waals surface area contributed by atoms with Crippen LogP contribution in [-0.4, -0.2) is 59.9 Å². The van der Waals surface area contributed by atoms with Crippen molar-refractivity contribution in [2.75, 3.05) is 33.3 Å². The van der Waals surface area contributed by atoms with Crippen LogP contribution in [-0.2, 0) is 9.59 Å². The first-order valence-electron chi connectivity index (χ1n) is 10.5. The van der Waals surface area contributed by atoms with Crippen LogP contribution in [0.5, 0.6) is 5.75 Å². The summed E-state index contributed by atoms with van der Waals surface area (Å²) >= 11 is 6.03. The molecule has 1 unspecified atom stereocenters. The minimum atomic E-state index is -0.792. The minimum absolute atomic E-state index is 0.0156. The summed E-state index contributed by atoms with van der Waals surface area (Å²) < 4.78 is 19.2. The number of methoxy groups -OCH3 is 1. The van der Waals surface area contributed by atoms with Gasteiger partial charge >= 0.3 is 0 Å². The fourth-order valence-electron chi connectivity index (χ4n) is 4.33. The Bertz CT molecular complexity index is 1060. The zero-order valence-corrected chi connectivity index (χ0v) is 18.4. The summed E-state index contributed by atoms with van der Waals surface area (Å²) in [5, 5.41) is 11.5. The second kappa shape index (κ2) is 9.30. The van der Waals surface area contributed by atoms with Gasteiger partial charge in [-0.25, -0.2) is 4.39 Å². The summed E-state index contributed by atoms with van der Waals surface area (Å²) in [6.45, 7) is 2.89. The van der Waals surface area contributed by atoms with Gasteiger partial charge in [0.15, 0.2) is 11.6 Å². The van der Waals surface area contributed by atoms with Crippen LogP contribution in [0.2, 0.25) is 5.02 Å². The first kappa shape index (κ1) is 22.3. The van der Waals surface area contributed by atoms with Gasteiger partial charge in [0, 0.05) is 23.7 Å². The predicted octanol–water partition coefficient (Wildman–Crippen LogP) is 4.01. The number of benzene rings is 2. The molecule has 1 N–H and O–H groups in total. The van der Waals surface area contributed by atoms with E-state index in [1.54, 1.807) is 24.3 Å². The van der Waals surface area contributed by atoms with E-state index in [2.05, 4.69) is 4.90 Å². The average Bonchev–Trinajstić information content (AvgIpc) is 3.39. The van der Waals surface area contributed by atoms with Crippen molar-refractivity contribution >= 4 is 29.1 Å². The molecule has 2 fully saturated rings. The summed E-state index contributed by atoms with van der Waals surface area (Å²) in [6, 6.07) is 9.91. The van der Waals surface area contributed by atoms with Crippen molar-refractivity contribution in [3.8, 4) is 5.75 Å². The molecule has 2 aromatic carbocycles. The van der Waals surface area contributed by atoms with Gasteiger partial charge in [0.1, 0.15) is 5.76 Å². The number of hydrogen-bond donors (Lipinski definition) is 1. The Balaban J connectivity index is 1.76. The van der Waals surface area contributed by atoms with Gasteiger partial charge < -0.3 is 19.6 Å². The lowest BCUT2D eigenvalue weighted by Gasteiger charge is -2.27. The predicted molar refractivity (Wildman–Crippen MR) is 119 cm³/mol. The van der Waals surface area contributed by atoms with Crippen LogP contribution in [0.15, 0.2) is 48.0 Å². The molecule has 0 radical (unpaired) electrons. The number of halogens is 2. The first-order chi connectivity index (χ1) is 15.4. The van der Waals surface area contributed by atoms with Gasteiger partial charge in [-0.05, 0) is 61.8 Å². The van der Waals surface area contributed by atoms with Gasteiger partial charge in [-0.1, -0.05) is 23.7 Å². The molecule has 1 amide bonds. The van der Waals surface area contributed by atoms with E-state index in [0.29, 0.717) is 23.7 Å². The third-order valence-corrected chi connectivity index (χ3v) is 6.26. The Morgan fingerprint density at radius 3 is 2.44 bits per heavy atom. The maximum absolute atomic E-state index is 14.3. The molecule has 1 atom stereocenters. The van der Waals surface area contributed by atoms with E-state index in [4.69, 9.17) is 16.3 Å². The third kappa shape index (κ3) is 4.23. The van der Waals surface area contributed by atoms with Gasteiger partial charge in [-0.15, -0.1) is 0 Å². The van der Waals surface area contributed by atoms with Gasteiger partial charge in [-0.2, -0.15) is 0 Å². The van der Waals surface area contributed by atoms with Gasteiger partial charge in [0.2, 0.25) is 0 Å². The molecule has 0 aliphatic carbocycles. The van der Waals surface area contributed by atoms with Crippen molar-refractivity contribution in [1.82, 2.24) is 9.80 Å². The van der Waals surface area contributed by atoms with Crippen molar-refractivity contribution in [3.05, 3.63) is 70.0 Å². The Labute approximate surface area is 190 Å². The third-order valence-electron chi connectivity index (χ3n) is 6.01. The highest BCUT2D eigenvalue weighted by Crippen LogP contribution is 2.40. The highest BCUT2D eigenvalue weighted by Gasteiger charge is 2.46. The Kier molecular flexibility index (Phi) is 6.48. The lowest BCUT2D eigenvalue weighted by molar-refractivity contribution is -0.140. The van der Waals surface area contributed by atoms with E-state index < -0.39 is 29.3 Å². The largest absolute Gasteiger partial charge is 0.507 e. The topological polar surface area (TPSA) is 70.1 Å². The number of ketones is 1. The van der Waals surface area contributed by atoms with Crippen LogP contribution in [0, 0.1) is 5.82 Å². The maximum atomic E-state index is 14.3. The molecule has 0 spiro atoms. The summed E-state index contributed by atoms with van der Waals surface area (Å²) in [6.07, 6.45) is 2.23. The molecule has 4 rings (SSSR count). The number of rotatable bonds is 6. The second-order valence-corrected chi connectivity index (χ2v) is 8.38. The van der Waals surface area contributed by atoms with Crippen LogP contribution in [0.1, 0.15) is 30.0 Å². The molecule has 2 aliphatic heterocycles. The summed E-state index contributed by atoms with van der Waals surface area (Å²) in [4.78, 5) is 29.7. The number of likely N-dealkylation sites (tertiary alicyclic amines) is 2. The summed E-state index contributed by atoms with van der Waals surface area (Å²) in [5.41, 5.74) is 0.675. The van der Waals surface area contributed by atoms with Crippen LogP contribution in [0.3, 0.4) is 0 Å². The van der Waals surface area contributed by atoms with Crippen molar-refractivity contribution in [3.63, 3.8) is 0 Å². The summed E-state index contributed by atoms with van der Waals surface area (Å²) in [5.74, 6) is -2.56. The lowest BCUT2D eigenvalue weighted by atomic mass is 9.95. The van der Waals surface area contributed by atoms with Gasteiger partial charge in [0.05, 0.1) is 18.7 Å². The Morgan fingerprint density at radius 1 is 1.12 bits per heavy atom. The minimum Gasteiger partial charge on any atom is -0.507 e. The molecule has 0 aromatic heterocycles. The van der Waals surface area contributed by atoms with Crippen molar-refractivity contribution in [2.24, 2.45) is 0 Å². The SMILES string of the molecule is COc1ccc(/C(O)=C2\C(=O)C(=O)N(CCN3CCCC3)C2c2ccc(Cl)cc2)cc1F. The number of carbonyl (C=O) groups excluding carboxylic acids is 2. The van der Waals surface area contributed by atoms with Crippen molar-refractivity contribution in [1.29, 1.82) is 0 Å². The molecule has 2 aliphatic rings. The van der Waals surface area contributed by atoms with E-state index >= 15 is 0 Å².